The molecule has 30 heavy (non-hydrogen) atoms. The topological polar surface area (TPSA) is 83.4 Å². The van der Waals surface area contributed by atoms with E-state index in [9.17, 15) is 9.59 Å². The van der Waals surface area contributed by atoms with Crippen LogP contribution in [0.1, 0.15) is 28.1 Å². The molecule has 1 aromatic heterocycles. The third kappa shape index (κ3) is 6.43. The molecule has 0 bridgehead atoms. The lowest BCUT2D eigenvalue weighted by atomic mass is 10.1. The highest BCUT2D eigenvalue weighted by Gasteiger charge is 2.10. The quantitative estimate of drug-likeness (QED) is 0.476. The van der Waals surface area contributed by atoms with Gasteiger partial charge in [0.15, 0.2) is 5.11 Å². The van der Waals surface area contributed by atoms with Crippen LogP contribution in [0.15, 0.2) is 71.3 Å². The predicted octanol–water partition coefficient (Wildman–Crippen LogP) is 4.31. The number of nitrogens with one attached hydrogen (secondary N) is 3. The van der Waals surface area contributed by atoms with E-state index in [1.807, 2.05) is 18.2 Å². The van der Waals surface area contributed by atoms with Gasteiger partial charge in [-0.15, -0.1) is 0 Å². The number of rotatable bonds is 7. The fourth-order valence-electron chi connectivity index (χ4n) is 2.72. The van der Waals surface area contributed by atoms with Gasteiger partial charge in [0, 0.05) is 22.7 Å². The van der Waals surface area contributed by atoms with Crippen LogP contribution in [-0.4, -0.2) is 16.9 Å². The van der Waals surface area contributed by atoms with Crippen molar-refractivity contribution in [3.05, 3.63) is 88.8 Å². The molecule has 2 aromatic carbocycles. The SMILES string of the molecule is O=C(CCc1ccccc1Cl)NC(=S)Nc1cccc(C(=O)NCc2ccco2)c1. The summed E-state index contributed by atoms with van der Waals surface area (Å²) in [5.74, 6) is 0.197. The number of benzene rings is 2. The van der Waals surface area contributed by atoms with Crippen molar-refractivity contribution in [3.8, 4) is 0 Å². The molecule has 2 amide bonds. The van der Waals surface area contributed by atoms with E-state index < -0.39 is 0 Å². The summed E-state index contributed by atoms with van der Waals surface area (Å²) in [7, 11) is 0. The lowest BCUT2D eigenvalue weighted by Gasteiger charge is -2.11. The van der Waals surface area contributed by atoms with E-state index in [-0.39, 0.29) is 23.3 Å². The molecular formula is C22H20ClN3O3S. The second-order valence-electron chi connectivity index (χ2n) is 6.44. The minimum Gasteiger partial charge on any atom is -0.467 e. The third-order valence-corrected chi connectivity index (χ3v) is 4.79. The van der Waals surface area contributed by atoms with Crippen molar-refractivity contribution in [3.63, 3.8) is 0 Å². The zero-order valence-electron chi connectivity index (χ0n) is 16.0. The van der Waals surface area contributed by atoms with Crippen LogP contribution >= 0.6 is 23.8 Å². The Bertz CT molecular complexity index is 1040. The number of furan rings is 1. The maximum atomic E-state index is 12.3. The highest BCUT2D eigenvalue weighted by molar-refractivity contribution is 7.80. The molecule has 0 radical (unpaired) electrons. The first kappa shape index (κ1) is 21.5. The van der Waals surface area contributed by atoms with Crippen LogP contribution in [-0.2, 0) is 17.8 Å². The van der Waals surface area contributed by atoms with Crippen molar-refractivity contribution in [1.29, 1.82) is 0 Å². The minimum absolute atomic E-state index is 0.160. The average molecular weight is 442 g/mol. The summed E-state index contributed by atoms with van der Waals surface area (Å²) in [6.45, 7) is 0.295. The molecule has 8 heteroatoms. The van der Waals surface area contributed by atoms with Crippen molar-refractivity contribution >= 4 is 46.4 Å². The van der Waals surface area contributed by atoms with E-state index in [1.54, 1.807) is 48.7 Å². The molecule has 3 aromatic rings. The summed E-state index contributed by atoms with van der Waals surface area (Å²) in [5.41, 5.74) is 1.96. The number of aryl methyl sites for hydroxylation is 1. The number of thiocarbonyl (C=S) groups is 1. The fourth-order valence-corrected chi connectivity index (χ4v) is 3.18. The Morgan fingerprint density at radius 3 is 2.63 bits per heavy atom. The van der Waals surface area contributed by atoms with Gasteiger partial charge < -0.3 is 20.4 Å². The molecular weight excluding hydrogens is 422 g/mol. The molecule has 0 atom stereocenters. The van der Waals surface area contributed by atoms with Crippen molar-refractivity contribution < 1.29 is 14.0 Å². The third-order valence-electron chi connectivity index (χ3n) is 4.22. The van der Waals surface area contributed by atoms with Gasteiger partial charge in [0.05, 0.1) is 12.8 Å². The van der Waals surface area contributed by atoms with Gasteiger partial charge >= 0.3 is 0 Å². The van der Waals surface area contributed by atoms with Crippen LogP contribution < -0.4 is 16.0 Å². The van der Waals surface area contributed by atoms with Crippen molar-refractivity contribution in [2.75, 3.05) is 5.32 Å². The van der Waals surface area contributed by atoms with Crippen LogP contribution in [0.3, 0.4) is 0 Å². The summed E-state index contributed by atoms with van der Waals surface area (Å²) in [4.78, 5) is 24.5. The lowest BCUT2D eigenvalue weighted by Crippen LogP contribution is -2.34. The maximum Gasteiger partial charge on any atom is 0.251 e. The number of carbonyl (C=O) groups is 2. The second-order valence-corrected chi connectivity index (χ2v) is 7.25. The van der Waals surface area contributed by atoms with E-state index in [2.05, 4.69) is 16.0 Å². The van der Waals surface area contributed by atoms with Crippen LogP contribution in [0.5, 0.6) is 0 Å². The van der Waals surface area contributed by atoms with E-state index in [4.69, 9.17) is 28.2 Å². The predicted molar refractivity (Wildman–Crippen MR) is 120 cm³/mol. The number of halogens is 1. The lowest BCUT2D eigenvalue weighted by molar-refractivity contribution is -0.119. The Kier molecular flexibility index (Phi) is 7.59. The Morgan fingerprint density at radius 1 is 1.03 bits per heavy atom. The highest BCUT2D eigenvalue weighted by Crippen LogP contribution is 2.16. The molecule has 0 aliphatic carbocycles. The van der Waals surface area contributed by atoms with E-state index >= 15 is 0 Å². The average Bonchev–Trinajstić information content (AvgIpc) is 3.25. The van der Waals surface area contributed by atoms with Crippen LogP contribution in [0, 0.1) is 0 Å². The molecule has 154 valence electrons. The molecule has 0 unspecified atom stereocenters. The van der Waals surface area contributed by atoms with Crippen molar-refractivity contribution in [1.82, 2.24) is 10.6 Å². The van der Waals surface area contributed by atoms with E-state index in [0.717, 1.165) is 5.56 Å². The van der Waals surface area contributed by atoms with Gasteiger partial charge in [-0.2, -0.15) is 0 Å². The number of amides is 2. The molecule has 0 aliphatic rings. The largest absolute Gasteiger partial charge is 0.467 e. The van der Waals surface area contributed by atoms with Crippen molar-refractivity contribution in [2.45, 2.75) is 19.4 Å². The monoisotopic (exact) mass is 441 g/mol. The maximum absolute atomic E-state index is 12.3. The van der Waals surface area contributed by atoms with Crippen LogP contribution in [0.25, 0.3) is 0 Å². The Labute approximate surface area is 184 Å². The number of hydrogen-bond donors (Lipinski definition) is 3. The van der Waals surface area contributed by atoms with Gasteiger partial charge in [0.2, 0.25) is 5.91 Å². The molecule has 3 N–H and O–H groups in total. The summed E-state index contributed by atoms with van der Waals surface area (Å²) in [6, 6.07) is 17.8. The summed E-state index contributed by atoms with van der Waals surface area (Å²) < 4.78 is 5.20. The molecule has 0 aliphatic heterocycles. The molecule has 1 heterocycles. The summed E-state index contributed by atoms with van der Waals surface area (Å²) in [5, 5.41) is 9.13. The second kappa shape index (κ2) is 10.6. The molecule has 6 nitrogen and oxygen atoms in total. The molecule has 0 saturated heterocycles. The number of hydrogen-bond acceptors (Lipinski definition) is 4. The zero-order chi connectivity index (χ0) is 21.3. The fraction of sp³-hybridized carbons (Fsp3) is 0.136. The van der Waals surface area contributed by atoms with Gasteiger partial charge in [-0.3, -0.25) is 9.59 Å². The van der Waals surface area contributed by atoms with Crippen molar-refractivity contribution in [2.24, 2.45) is 0 Å². The smallest absolute Gasteiger partial charge is 0.251 e. The van der Waals surface area contributed by atoms with Gasteiger partial charge in [-0.25, -0.2) is 0 Å². The first-order valence-electron chi connectivity index (χ1n) is 9.26. The molecule has 0 spiro atoms. The Hall–Kier alpha value is -3.16. The number of anilines is 1. The van der Waals surface area contributed by atoms with Gasteiger partial charge in [-0.1, -0.05) is 35.9 Å². The zero-order valence-corrected chi connectivity index (χ0v) is 17.6. The normalized spacial score (nSPS) is 10.3. The van der Waals surface area contributed by atoms with E-state index in [0.29, 0.717) is 35.0 Å². The Morgan fingerprint density at radius 2 is 1.87 bits per heavy atom. The van der Waals surface area contributed by atoms with Crippen LogP contribution in [0.4, 0.5) is 5.69 Å². The van der Waals surface area contributed by atoms with Gasteiger partial charge in [0.25, 0.3) is 5.91 Å². The first-order chi connectivity index (χ1) is 14.5. The van der Waals surface area contributed by atoms with E-state index in [1.165, 1.54) is 0 Å². The van der Waals surface area contributed by atoms with Gasteiger partial charge in [-0.05, 0) is 60.6 Å². The van der Waals surface area contributed by atoms with Gasteiger partial charge in [0.1, 0.15) is 5.76 Å². The molecule has 3 rings (SSSR count). The number of carbonyl (C=O) groups excluding carboxylic acids is 2. The first-order valence-corrected chi connectivity index (χ1v) is 10.0. The summed E-state index contributed by atoms with van der Waals surface area (Å²) in [6.07, 6.45) is 2.32. The standard InChI is InChI=1S/C22H20ClN3O3S/c23-19-9-2-1-5-15(19)10-11-20(27)26-22(30)25-17-7-3-6-16(13-17)21(28)24-14-18-8-4-12-29-18/h1-9,12-13H,10-11,14H2,(H,24,28)(H2,25,26,27,30). The minimum atomic E-state index is -0.246. The molecule has 0 fully saturated rings. The summed E-state index contributed by atoms with van der Waals surface area (Å²) >= 11 is 11.3. The molecule has 0 saturated carbocycles. The Balaban J connectivity index is 1.48. The highest BCUT2D eigenvalue weighted by atomic mass is 35.5. The van der Waals surface area contributed by atoms with Crippen LogP contribution in [0.2, 0.25) is 5.02 Å².